The minimum absolute atomic E-state index is 0.481. The Morgan fingerprint density at radius 1 is 0.657 bits per heavy atom. The van der Waals surface area contributed by atoms with E-state index in [0.717, 1.165) is 44.7 Å². The fourth-order valence-corrected chi connectivity index (χ4v) is 4.21. The number of furan rings is 1. The highest BCUT2D eigenvalue weighted by Gasteiger charge is 2.22. The fraction of sp³-hybridized carbons (Fsp3) is 0.133. The van der Waals surface area contributed by atoms with Crippen LogP contribution in [0.3, 0.4) is 0 Å². The van der Waals surface area contributed by atoms with E-state index in [4.69, 9.17) is 23.4 Å². The topological polar surface area (TPSA) is 50.1 Å². The summed E-state index contributed by atoms with van der Waals surface area (Å²) in [6.07, 6.45) is 0. The maximum atomic E-state index is 6.39. The number of fused-ring (bicyclic) bond motifs is 1. The summed E-state index contributed by atoms with van der Waals surface area (Å²) in [5.74, 6) is 3.21. The lowest BCUT2D eigenvalue weighted by Gasteiger charge is -2.14. The van der Waals surface area contributed by atoms with Crippen molar-refractivity contribution >= 4 is 11.0 Å². The third-order valence-corrected chi connectivity index (χ3v) is 5.90. The Morgan fingerprint density at radius 3 is 1.94 bits per heavy atom. The lowest BCUT2D eigenvalue weighted by atomic mass is 9.97. The molecular weight excluding hydrogens is 440 g/mol. The van der Waals surface area contributed by atoms with Gasteiger partial charge in [-0.15, -0.1) is 0 Å². The first-order valence-corrected chi connectivity index (χ1v) is 11.3. The van der Waals surface area contributed by atoms with Crippen molar-refractivity contribution in [3.63, 3.8) is 0 Å². The van der Waals surface area contributed by atoms with E-state index in [1.165, 1.54) is 0 Å². The van der Waals surface area contributed by atoms with Crippen molar-refractivity contribution in [2.75, 3.05) is 21.3 Å². The molecule has 0 atom stereocenters. The van der Waals surface area contributed by atoms with Gasteiger partial charge in [0.15, 0.2) is 11.5 Å². The van der Waals surface area contributed by atoms with Gasteiger partial charge in [-0.2, -0.15) is 0 Å². The SMILES string of the molecule is COc1cc(-c2c(-c3ccccc3)oc3ccc(OCc4ccccc4)cc23)cc(OC)c1OC. The van der Waals surface area contributed by atoms with Crippen molar-refractivity contribution in [2.45, 2.75) is 6.61 Å². The number of rotatable bonds is 8. The minimum Gasteiger partial charge on any atom is -0.493 e. The quantitative estimate of drug-likeness (QED) is 0.239. The molecule has 5 nitrogen and oxygen atoms in total. The summed E-state index contributed by atoms with van der Waals surface area (Å²) in [7, 11) is 4.82. The van der Waals surface area contributed by atoms with Gasteiger partial charge < -0.3 is 23.4 Å². The zero-order valence-corrected chi connectivity index (χ0v) is 19.9. The van der Waals surface area contributed by atoms with Crippen LogP contribution in [-0.2, 0) is 6.61 Å². The molecule has 0 aliphatic rings. The standard InChI is InChI=1S/C30H26O5/c1-31-26-16-22(17-27(32-2)30(26)33-3)28-24-18-23(34-19-20-10-6-4-7-11-20)14-15-25(24)35-29(28)21-12-8-5-9-13-21/h4-18H,19H2,1-3H3. The molecule has 0 fully saturated rings. The number of methoxy groups -OCH3 is 3. The van der Waals surface area contributed by atoms with E-state index in [9.17, 15) is 0 Å². The molecular formula is C30H26O5. The van der Waals surface area contributed by atoms with E-state index in [-0.39, 0.29) is 0 Å². The molecule has 0 aliphatic heterocycles. The van der Waals surface area contributed by atoms with Crippen molar-refractivity contribution in [3.8, 4) is 45.4 Å². The lowest BCUT2D eigenvalue weighted by molar-refractivity contribution is 0.306. The second-order valence-electron chi connectivity index (χ2n) is 8.02. The normalized spacial score (nSPS) is 10.8. The molecule has 1 aromatic heterocycles. The first-order valence-electron chi connectivity index (χ1n) is 11.3. The zero-order valence-electron chi connectivity index (χ0n) is 19.9. The van der Waals surface area contributed by atoms with Gasteiger partial charge in [0.1, 0.15) is 23.7 Å². The van der Waals surface area contributed by atoms with Gasteiger partial charge in [0.05, 0.1) is 21.3 Å². The molecule has 5 aromatic rings. The third-order valence-electron chi connectivity index (χ3n) is 5.90. The van der Waals surface area contributed by atoms with Crippen molar-refractivity contribution in [2.24, 2.45) is 0 Å². The number of benzene rings is 4. The van der Waals surface area contributed by atoms with Crippen LogP contribution in [0.25, 0.3) is 33.4 Å². The van der Waals surface area contributed by atoms with Crippen LogP contribution in [0.1, 0.15) is 5.56 Å². The maximum absolute atomic E-state index is 6.39. The van der Waals surface area contributed by atoms with Gasteiger partial charge in [-0.25, -0.2) is 0 Å². The molecule has 0 amide bonds. The number of hydrogen-bond donors (Lipinski definition) is 0. The van der Waals surface area contributed by atoms with E-state index >= 15 is 0 Å². The van der Waals surface area contributed by atoms with E-state index in [2.05, 4.69) is 0 Å². The van der Waals surface area contributed by atoms with Gasteiger partial charge in [0.25, 0.3) is 0 Å². The van der Waals surface area contributed by atoms with Crippen LogP contribution in [0.4, 0.5) is 0 Å². The van der Waals surface area contributed by atoms with Crippen LogP contribution in [0.2, 0.25) is 0 Å². The molecule has 0 aliphatic carbocycles. The molecule has 0 N–H and O–H groups in total. The highest BCUT2D eigenvalue weighted by Crippen LogP contribution is 2.47. The summed E-state index contributed by atoms with van der Waals surface area (Å²) in [5.41, 5.74) is 4.65. The number of hydrogen-bond acceptors (Lipinski definition) is 5. The Bertz CT molecular complexity index is 1410. The number of ether oxygens (including phenoxy) is 4. The van der Waals surface area contributed by atoms with Crippen molar-refractivity contribution in [3.05, 3.63) is 96.6 Å². The average molecular weight is 467 g/mol. The Labute approximate surface area is 204 Å². The Kier molecular flexibility index (Phi) is 6.31. The molecule has 5 rings (SSSR count). The van der Waals surface area contributed by atoms with Gasteiger partial charge in [-0.05, 0) is 41.5 Å². The van der Waals surface area contributed by atoms with Crippen LogP contribution in [0, 0.1) is 0 Å². The van der Waals surface area contributed by atoms with E-state index < -0.39 is 0 Å². The van der Waals surface area contributed by atoms with Crippen molar-refractivity contribution in [1.82, 2.24) is 0 Å². The predicted octanol–water partition coefficient (Wildman–Crippen LogP) is 7.37. The molecule has 0 spiro atoms. The second-order valence-corrected chi connectivity index (χ2v) is 8.02. The van der Waals surface area contributed by atoms with Crippen LogP contribution in [-0.4, -0.2) is 21.3 Å². The van der Waals surface area contributed by atoms with Crippen LogP contribution in [0.15, 0.2) is 95.4 Å². The first-order chi connectivity index (χ1) is 17.2. The van der Waals surface area contributed by atoms with Gasteiger partial charge in [-0.1, -0.05) is 60.7 Å². The molecule has 0 unspecified atom stereocenters. The molecule has 0 bridgehead atoms. The summed E-state index contributed by atoms with van der Waals surface area (Å²) in [6.45, 7) is 0.481. The van der Waals surface area contributed by atoms with Gasteiger partial charge in [0.2, 0.25) is 5.75 Å². The van der Waals surface area contributed by atoms with E-state index in [1.54, 1.807) is 21.3 Å². The summed E-state index contributed by atoms with van der Waals surface area (Å²) in [5, 5.41) is 0.934. The Balaban J connectivity index is 1.68. The molecule has 0 radical (unpaired) electrons. The summed E-state index contributed by atoms with van der Waals surface area (Å²) in [4.78, 5) is 0. The highest BCUT2D eigenvalue weighted by atomic mass is 16.5. The summed E-state index contributed by atoms with van der Waals surface area (Å²) >= 11 is 0. The maximum Gasteiger partial charge on any atom is 0.203 e. The minimum atomic E-state index is 0.481. The van der Waals surface area contributed by atoms with E-state index in [1.807, 2.05) is 91.0 Å². The fourth-order valence-electron chi connectivity index (χ4n) is 4.21. The van der Waals surface area contributed by atoms with Crippen molar-refractivity contribution in [1.29, 1.82) is 0 Å². The molecule has 0 saturated heterocycles. The lowest BCUT2D eigenvalue weighted by Crippen LogP contribution is -1.96. The van der Waals surface area contributed by atoms with Gasteiger partial charge >= 0.3 is 0 Å². The Hall–Kier alpha value is -4.38. The van der Waals surface area contributed by atoms with Crippen LogP contribution in [0.5, 0.6) is 23.0 Å². The van der Waals surface area contributed by atoms with Gasteiger partial charge in [-0.3, -0.25) is 0 Å². The van der Waals surface area contributed by atoms with Crippen LogP contribution >= 0.6 is 0 Å². The highest BCUT2D eigenvalue weighted by molar-refractivity contribution is 6.03. The molecule has 35 heavy (non-hydrogen) atoms. The molecule has 176 valence electrons. The molecule has 5 heteroatoms. The third kappa shape index (κ3) is 4.41. The average Bonchev–Trinajstić information content (AvgIpc) is 3.31. The molecule has 0 saturated carbocycles. The monoisotopic (exact) mass is 466 g/mol. The summed E-state index contributed by atoms with van der Waals surface area (Å²) < 4.78 is 29.3. The smallest absolute Gasteiger partial charge is 0.203 e. The Morgan fingerprint density at radius 2 is 1.31 bits per heavy atom. The predicted molar refractivity (Wildman–Crippen MR) is 138 cm³/mol. The first kappa shape index (κ1) is 22.4. The van der Waals surface area contributed by atoms with Crippen LogP contribution < -0.4 is 18.9 Å². The molecule has 1 heterocycles. The summed E-state index contributed by atoms with van der Waals surface area (Å²) in [6, 6.07) is 29.9. The molecule has 4 aromatic carbocycles. The van der Waals surface area contributed by atoms with Crippen molar-refractivity contribution < 1.29 is 23.4 Å². The second kappa shape index (κ2) is 9.85. The van der Waals surface area contributed by atoms with E-state index in [0.29, 0.717) is 23.9 Å². The largest absolute Gasteiger partial charge is 0.493 e. The van der Waals surface area contributed by atoms with Gasteiger partial charge in [0, 0.05) is 16.5 Å². The zero-order chi connectivity index (χ0) is 24.2.